The number of rotatable bonds is 8. The monoisotopic (exact) mass is 457 g/mol. The molecule has 0 saturated carbocycles. The molecule has 0 atom stereocenters. The minimum Gasteiger partial charge on any atom is -0.496 e. The van der Waals surface area contributed by atoms with E-state index in [2.05, 4.69) is 14.9 Å². The van der Waals surface area contributed by atoms with Crippen molar-refractivity contribution >= 4 is 26.8 Å². The van der Waals surface area contributed by atoms with Gasteiger partial charge in [-0.25, -0.2) is 13.4 Å². The lowest BCUT2D eigenvalue weighted by atomic mass is 10.2. The van der Waals surface area contributed by atoms with E-state index in [0.717, 1.165) is 0 Å². The second-order valence-electron chi connectivity index (χ2n) is 6.40. The van der Waals surface area contributed by atoms with E-state index in [-0.39, 0.29) is 27.8 Å². The average molecular weight is 457 g/mol. The van der Waals surface area contributed by atoms with Crippen LogP contribution in [-0.4, -0.2) is 39.9 Å². The Morgan fingerprint density at radius 2 is 1.62 bits per heavy atom. The van der Waals surface area contributed by atoms with Gasteiger partial charge < -0.3 is 23.5 Å². The molecule has 166 valence electrons. The highest BCUT2D eigenvalue weighted by molar-refractivity contribution is 7.93. The molecule has 0 fully saturated rings. The molecular weight excluding hydrogens is 438 g/mol. The Labute approximate surface area is 183 Å². The van der Waals surface area contributed by atoms with Gasteiger partial charge in [-0.1, -0.05) is 17.3 Å². The van der Waals surface area contributed by atoms with Crippen molar-refractivity contribution in [2.75, 3.05) is 26.1 Å². The van der Waals surface area contributed by atoms with E-state index in [4.69, 9.17) is 23.5 Å². The number of methoxy groups -OCH3 is 3. The molecule has 2 aromatic carbocycles. The van der Waals surface area contributed by atoms with Crippen molar-refractivity contribution in [2.24, 2.45) is 0 Å². The van der Waals surface area contributed by atoms with Gasteiger partial charge in [0.1, 0.15) is 28.4 Å². The minimum absolute atomic E-state index is 0.0609. The lowest BCUT2D eigenvalue weighted by Crippen LogP contribution is -2.15. The molecule has 0 amide bonds. The smallest absolute Gasteiger partial charge is 0.270 e. The van der Waals surface area contributed by atoms with Crippen LogP contribution in [0.1, 0.15) is 0 Å². The molecule has 4 rings (SSSR count). The number of pyridine rings is 1. The van der Waals surface area contributed by atoms with Crippen molar-refractivity contribution in [3.05, 3.63) is 54.7 Å². The summed E-state index contributed by atoms with van der Waals surface area (Å²) >= 11 is 0. The molecule has 0 spiro atoms. The molecular formula is C21H19N3O7S. The summed E-state index contributed by atoms with van der Waals surface area (Å²) in [5, 5.41) is 4.19. The van der Waals surface area contributed by atoms with Crippen LogP contribution in [0.3, 0.4) is 0 Å². The van der Waals surface area contributed by atoms with Gasteiger partial charge in [-0.2, -0.15) is 0 Å². The molecule has 2 heterocycles. The largest absolute Gasteiger partial charge is 0.496 e. The van der Waals surface area contributed by atoms with Crippen molar-refractivity contribution in [2.45, 2.75) is 4.90 Å². The molecule has 0 saturated heterocycles. The summed E-state index contributed by atoms with van der Waals surface area (Å²) in [6.45, 7) is 0. The molecule has 0 aliphatic heterocycles. The second kappa shape index (κ2) is 8.63. The second-order valence-corrected chi connectivity index (χ2v) is 8.02. The average Bonchev–Trinajstić information content (AvgIpc) is 3.20. The quantitative estimate of drug-likeness (QED) is 0.420. The zero-order chi connectivity index (χ0) is 22.7. The van der Waals surface area contributed by atoms with Gasteiger partial charge in [-0.05, 0) is 18.2 Å². The first-order valence-electron chi connectivity index (χ1n) is 9.27. The number of fused-ring (bicyclic) bond motifs is 1. The molecule has 10 nitrogen and oxygen atoms in total. The van der Waals surface area contributed by atoms with E-state index in [9.17, 15) is 8.42 Å². The highest BCUT2D eigenvalue weighted by Gasteiger charge is 2.28. The summed E-state index contributed by atoms with van der Waals surface area (Å²) in [5.41, 5.74) is 0.250. The Kier molecular flexibility index (Phi) is 5.73. The Morgan fingerprint density at radius 1 is 0.906 bits per heavy atom. The van der Waals surface area contributed by atoms with Crippen LogP contribution in [0.2, 0.25) is 0 Å². The lowest BCUT2D eigenvalue weighted by molar-refractivity contribution is 0.373. The SMILES string of the molecule is COc1cccc(OC)c1S(=O)(=O)Nc1noc2cc(Oc3ccccn3)cc(OC)c12. The number of benzene rings is 2. The van der Waals surface area contributed by atoms with Gasteiger partial charge in [-0.15, -0.1) is 0 Å². The van der Waals surface area contributed by atoms with Crippen molar-refractivity contribution < 1.29 is 31.9 Å². The third-order valence-corrected chi connectivity index (χ3v) is 5.88. The van der Waals surface area contributed by atoms with E-state index in [0.29, 0.717) is 22.8 Å². The van der Waals surface area contributed by atoms with Crippen LogP contribution >= 0.6 is 0 Å². The molecule has 1 N–H and O–H groups in total. The van der Waals surface area contributed by atoms with Crippen LogP contribution in [0.15, 0.2) is 64.1 Å². The molecule has 0 aliphatic carbocycles. The number of ether oxygens (including phenoxy) is 4. The fourth-order valence-corrected chi connectivity index (χ4v) is 4.42. The van der Waals surface area contributed by atoms with Crippen LogP contribution in [0, 0.1) is 0 Å². The Balaban J connectivity index is 1.75. The first-order chi connectivity index (χ1) is 15.5. The molecule has 32 heavy (non-hydrogen) atoms. The number of hydrogen-bond acceptors (Lipinski definition) is 9. The third kappa shape index (κ3) is 3.97. The Hall–Kier alpha value is -3.99. The topological polar surface area (TPSA) is 122 Å². The predicted molar refractivity (Wildman–Crippen MR) is 115 cm³/mol. The normalized spacial score (nSPS) is 11.2. The summed E-state index contributed by atoms with van der Waals surface area (Å²) < 4.78 is 55.7. The standard InChI is InChI=1S/C21H19N3O7S/c1-27-14-7-6-8-15(28-2)20(14)32(25,26)24-21-19-16(29-3)11-13(12-17(19)31-23-21)30-18-9-4-5-10-22-18/h4-12H,1-3H3,(H,23,24). The summed E-state index contributed by atoms with van der Waals surface area (Å²) in [6, 6.07) is 13.0. The molecule has 0 bridgehead atoms. The van der Waals surface area contributed by atoms with E-state index >= 15 is 0 Å². The number of hydrogen-bond donors (Lipinski definition) is 1. The van der Waals surface area contributed by atoms with Crippen LogP contribution in [0.25, 0.3) is 11.0 Å². The Morgan fingerprint density at radius 3 is 2.25 bits per heavy atom. The molecule has 0 radical (unpaired) electrons. The van der Waals surface area contributed by atoms with E-state index in [1.165, 1.54) is 33.5 Å². The van der Waals surface area contributed by atoms with Crippen molar-refractivity contribution in [3.8, 4) is 28.9 Å². The van der Waals surface area contributed by atoms with Gasteiger partial charge in [0.05, 0.1) is 21.3 Å². The van der Waals surface area contributed by atoms with Gasteiger partial charge in [0.2, 0.25) is 5.88 Å². The number of anilines is 1. The van der Waals surface area contributed by atoms with Crippen molar-refractivity contribution in [1.29, 1.82) is 0 Å². The van der Waals surface area contributed by atoms with Crippen LogP contribution in [-0.2, 0) is 10.0 Å². The maximum Gasteiger partial charge on any atom is 0.270 e. The lowest BCUT2D eigenvalue weighted by Gasteiger charge is -2.14. The number of nitrogens with one attached hydrogen (secondary N) is 1. The van der Waals surface area contributed by atoms with Gasteiger partial charge in [0.25, 0.3) is 10.0 Å². The first-order valence-corrected chi connectivity index (χ1v) is 10.7. The molecule has 0 aliphatic rings. The van der Waals surface area contributed by atoms with Crippen LogP contribution in [0.4, 0.5) is 5.82 Å². The molecule has 0 unspecified atom stereocenters. The zero-order valence-electron chi connectivity index (χ0n) is 17.4. The van der Waals surface area contributed by atoms with E-state index in [1.807, 2.05) is 0 Å². The fraction of sp³-hybridized carbons (Fsp3) is 0.143. The summed E-state index contributed by atoms with van der Waals surface area (Å²) in [6.07, 6.45) is 1.60. The highest BCUT2D eigenvalue weighted by Crippen LogP contribution is 2.39. The number of sulfonamides is 1. The molecule has 2 aromatic heterocycles. The number of aromatic nitrogens is 2. The Bertz CT molecular complexity index is 1330. The molecule has 4 aromatic rings. The van der Waals surface area contributed by atoms with Gasteiger partial charge in [-0.3, -0.25) is 4.72 Å². The fourth-order valence-electron chi connectivity index (χ4n) is 3.09. The van der Waals surface area contributed by atoms with Crippen molar-refractivity contribution in [1.82, 2.24) is 10.1 Å². The third-order valence-electron chi connectivity index (χ3n) is 4.47. The van der Waals surface area contributed by atoms with E-state index in [1.54, 1.807) is 42.6 Å². The predicted octanol–water partition coefficient (Wildman–Crippen LogP) is 3.84. The van der Waals surface area contributed by atoms with Crippen molar-refractivity contribution in [3.63, 3.8) is 0 Å². The van der Waals surface area contributed by atoms with Crippen LogP contribution < -0.4 is 23.7 Å². The van der Waals surface area contributed by atoms with Gasteiger partial charge >= 0.3 is 0 Å². The van der Waals surface area contributed by atoms with Gasteiger partial charge in [0, 0.05) is 24.4 Å². The zero-order valence-corrected chi connectivity index (χ0v) is 18.2. The maximum atomic E-state index is 13.2. The first kappa shape index (κ1) is 21.2. The summed E-state index contributed by atoms with van der Waals surface area (Å²) in [4.78, 5) is 3.93. The van der Waals surface area contributed by atoms with E-state index < -0.39 is 10.0 Å². The summed E-state index contributed by atoms with van der Waals surface area (Å²) in [7, 11) is 0.00820. The minimum atomic E-state index is -4.16. The van der Waals surface area contributed by atoms with Crippen LogP contribution in [0.5, 0.6) is 28.9 Å². The summed E-state index contributed by atoms with van der Waals surface area (Å²) in [5.74, 6) is 1.21. The maximum absolute atomic E-state index is 13.2. The molecule has 11 heteroatoms. The van der Waals surface area contributed by atoms with Gasteiger partial charge in [0.15, 0.2) is 16.3 Å². The number of nitrogens with zero attached hydrogens (tertiary/aromatic N) is 2. The highest BCUT2D eigenvalue weighted by atomic mass is 32.2.